The lowest BCUT2D eigenvalue weighted by Crippen LogP contribution is -2.36. The first kappa shape index (κ1) is 20.9. The van der Waals surface area contributed by atoms with Gasteiger partial charge in [0, 0.05) is 12.6 Å². The van der Waals surface area contributed by atoms with Crippen molar-refractivity contribution in [3.63, 3.8) is 0 Å². The molecule has 0 heterocycles. The van der Waals surface area contributed by atoms with Gasteiger partial charge in [-0.25, -0.2) is 9.59 Å². The van der Waals surface area contributed by atoms with E-state index in [2.05, 4.69) is 10.1 Å². The molecule has 1 atom stereocenters. The normalized spacial score (nSPS) is 11.6. The lowest BCUT2D eigenvalue weighted by Gasteiger charge is -2.12. The van der Waals surface area contributed by atoms with Crippen LogP contribution in [0.5, 0.6) is 0 Å². The summed E-state index contributed by atoms with van der Waals surface area (Å²) in [6.07, 6.45) is 2.59. The number of hydrogen-bond donors (Lipinski definition) is 1. The first-order valence-electron chi connectivity index (χ1n) is 8.88. The second-order valence-corrected chi connectivity index (χ2v) is 6.05. The van der Waals surface area contributed by atoms with Crippen LogP contribution in [0, 0.1) is 0 Å². The van der Waals surface area contributed by atoms with Crippen molar-refractivity contribution in [2.24, 2.45) is 0 Å². The molecule has 2 aromatic rings. The van der Waals surface area contributed by atoms with Crippen LogP contribution < -0.4 is 5.32 Å². The van der Waals surface area contributed by atoms with Gasteiger partial charge in [-0.05, 0) is 42.7 Å². The third-order valence-corrected chi connectivity index (χ3v) is 3.96. The van der Waals surface area contributed by atoms with Crippen LogP contribution in [-0.4, -0.2) is 37.6 Å². The molecule has 0 unspecified atom stereocenters. The lowest BCUT2D eigenvalue weighted by molar-refractivity contribution is -0.150. The highest BCUT2D eigenvalue weighted by Gasteiger charge is 2.15. The summed E-state index contributed by atoms with van der Waals surface area (Å²) >= 11 is 0. The zero-order valence-corrected chi connectivity index (χ0v) is 15.9. The average molecular weight is 381 g/mol. The third-order valence-electron chi connectivity index (χ3n) is 3.96. The summed E-state index contributed by atoms with van der Waals surface area (Å²) < 4.78 is 9.73. The van der Waals surface area contributed by atoms with E-state index in [0.29, 0.717) is 24.1 Å². The average Bonchev–Trinajstić information content (AvgIpc) is 2.72. The second-order valence-electron chi connectivity index (χ2n) is 6.05. The molecule has 0 aliphatic heterocycles. The van der Waals surface area contributed by atoms with E-state index in [1.165, 1.54) is 20.1 Å². The molecule has 0 bridgehead atoms. The van der Waals surface area contributed by atoms with Crippen LogP contribution >= 0.6 is 0 Å². The molecule has 0 radical (unpaired) electrons. The maximum atomic E-state index is 12.0. The van der Waals surface area contributed by atoms with E-state index in [1.807, 2.05) is 30.3 Å². The minimum Gasteiger partial charge on any atom is -0.465 e. The highest BCUT2D eigenvalue weighted by molar-refractivity contribution is 5.91. The van der Waals surface area contributed by atoms with E-state index >= 15 is 0 Å². The number of ether oxygens (including phenoxy) is 2. The van der Waals surface area contributed by atoms with E-state index in [4.69, 9.17) is 4.74 Å². The Balaban J connectivity index is 1.77. The van der Waals surface area contributed by atoms with E-state index in [0.717, 1.165) is 5.56 Å². The van der Waals surface area contributed by atoms with Crippen LogP contribution in [0.3, 0.4) is 0 Å². The Morgan fingerprint density at radius 3 is 2.36 bits per heavy atom. The van der Waals surface area contributed by atoms with Gasteiger partial charge in [0.25, 0.3) is 5.91 Å². The molecule has 1 amide bonds. The number of esters is 2. The predicted octanol–water partition coefficient (Wildman–Crippen LogP) is 2.78. The molecule has 6 heteroatoms. The van der Waals surface area contributed by atoms with Crippen molar-refractivity contribution >= 4 is 23.9 Å². The number of benzene rings is 2. The van der Waals surface area contributed by atoms with Gasteiger partial charge in [0.05, 0.1) is 12.7 Å². The molecule has 2 aromatic carbocycles. The number of methoxy groups -OCH3 is 1. The van der Waals surface area contributed by atoms with Crippen LogP contribution in [-0.2, 0) is 25.5 Å². The van der Waals surface area contributed by atoms with Crippen molar-refractivity contribution < 1.29 is 23.9 Å². The van der Waals surface area contributed by atoms with E-state index in [1.54, 1.807) is 30.3 Å². The molecule has 28 heavy (non-hydrogen) atoms. The zero-order chi connectivity index (χ0) is 20.4. The Labute approximate surface area is 164 Å². The molecule has 0 aromatic heterocycles. The molecule has 0 aliphatic rings. The van der Waals surface area contributed by atoms with Crippen molar-refractivity contribution in [3.05, 3.63) is 77.4 Å². The lowest BCUT2D eigenvalue weighted by atomic mass is 10.1. The van der Waals surface area contributed by atoms with Crippen molar-refractivity contribution in [1.29, 1.82) is 0 Å². The summed E-state index contributed by atoms with van der Waals surface area (Å²) in [5.74, 6) is -1.40. The number of carbonyl (C=O) groups is 3. The molecular formula is C22H23NO5. The predicted molar refractivity (Wildman–Crippen MR) is 106 cm³/mol. The van der Waals surface area contributed by atoms with Gasteiger partial charge in [0.2, 0.25) is 0 Å². The minimum atomic E-state index is -0.894. The smallest absolute Gasteiger partial charge is 0.337 e. The fraction of sp³-hybridized carbons (Fsp3) is 0.227. The SMILES string of the molecule is COC(=O)c1ccc(/C=C/C(=O)O[C@H](C)C(=O)NCCc2ccccc2)cc1. The van der Waals surface area contributed by atoms with Crippen LogP contribution in [0.1, 0.15) is 28.4 Å². The summed E-state index contributed by atoms with van der Waals surface area (Å²) in [7, 11) is 1.31. The first-order chi connectivity index (χ1) is 13.5. The van der Waals surface area contributed by atoms with Crippen LogP contribution in [0.4, 0.5) is 0 Å². The van der Waals surface area contributed by atoms with Crippen LogP contribution in [0.2, 0.25) is 0 Å². The number of carbonyl (C=O) groups excluding carboxylic acids is 3. The molecule has 146 valence electrons. The molecule has 2 rings (SSSR count). The van der Waals surface area contributed by atoms with Gasteiger partial charge in [0.15, 0.2) is 6.10 Å². The molecule has 1 N–H and O–H groups in total. The Morgan fingerprint density at radius 1 is 1.04 bits per heavy atom. The third kappa shape index (κ3) is 6.72. The Morgan fingerprint density at radius 2 is 1.71 bits per heavy atom. The summed E-state index contributed by atoms with van der Waals surface area (Å²) in [6, 6.07) is 16.3. The van der Waals surface area contributed by atoms with E-state index in [9.17, 15) is 14.4 Å². The van der Waals surface area contributed by atoms with Gasteiger partial charge in [-0.1, -0.05) is 42.5 Å². The fourth-order valence-electron chi connectivity index (χ4n) is 2.40. The summed E-state index contributed by atoms with van der Waals surface area (Å²) in [5.41, 5.74) is 2.25. The molecule has 0 spiro atoms. The van der Waals surface area contributed by atoms with Crippen molar-refractivity contribution in [2.75, 3.05) is 13.7 Å². The zero-order valence-electron chi connectivity index (χ0n) is 15.9. The van der Waals surface area contributed by atoms with Gasteiger partial charge in [-0.2, -0.15) is 0 Å². The first-order valence-corrected chi connectivity index (χ1v) is 8.88. The van der Waals surface area contributed by atoms with Crippen LogP contribution in [0.15, 0.2) is 60.7 Å². The van der Waals surface area contributed by atoms with E-state index in [-0.39, 0.29) is 5.91 Å². The summed E-state index contributed by atoms with van der Waals surface area (Å²) in [6.45, 7) is 1.99. The molecular weight excluding hydrogens is 358 g/mol. The maximum absolute atomic E-state index is 12.0. The van der Waals surface area contributed by atoms with Gasteiger partial charge in [0.1, 0.15) is 0 Å². The van der Waals surface area contributed by atoms with Crippen molar-refractivity contribution in [3.8, 4) is 0 Å². The Kier molecular flexibility index (Phi) is 7.96. The minimum absolute atomic E-state index is 0.347. The van der Waals surface area contributed by atoms with Crippen LogP contribution in [0.25, 0.3) is 6.08 Å². The Bertz CT molecular complexity index is 828. The quantitative estimate of drug-likeness (QED) is 0.562. The number of amides is 1. The number of rotatable bonds is 8. The van der Waals surface area contributed by atoms with Gasteiger partial charge in [-0.15, -0.1) is 0 Å². The van der Waals surface area contributed by atoms with E-state index < -0.39 is 18.0 Å². The molecule has 0 saturated heterocycles. The largest absolute Gasteiger partial charge is 0.465 e. The molecule has 0 saturated carbocycles. The monoisotopic (exact) mass is 381 g/mol. The number of nitrogens with one attached hydrogen (secondary N) is 1. The standard InChI is InChI=1S/C22H23NO5/c1-16(21(25)23-15-14-17-6-4-3-5-7-17)28-20(24)13-10-18-8-11-19(12-9-18)22(26)27-2/h3-13,16H,14-15H2,1-2H3,(H,23,25)/b13-10+/t16-/m1/s1. The van der Waals surface area contributed by atoms with Gasteiger partial charge in [-0.3, -0.25) is 4.79 Å². The molecule has 0 aliphatic carbocycles. The molecule has 0 fully saturated rings. The van der Waals surface area contributed by atoms with Gasteiger partial charge < -0.3 is 14.8 Å². The summed E-state index contributed by atoms with van der Waals surface area (Å²) in [4.78, 5) is 35.3. The fourth-order valence-corrected chi connectivity index (χ4v) is 2.40. The topological polar surface area (TPSA) is 81.7 Å². The summed E-state index contributed by atoms with van der Waals surface area (Å²) in [5, 5.41) is 2.75. The van der Waals surface area contributed by atoms with Crippen molar-refractivity contribution in [1.82, 2.24) is 5.32 Å². The Hall–Kier alpha value is -3.41. The molecule has 6 nitrogen and oxygen atoms in total. The second kappa shape index (κ2) is 10.7. The van der Waals surface area contributed by atoms with Gasteiger partial charge >= 0.3 is 11.9 Å². The highest BCUT2D eigenvalue weighted by atomic mass is 16.5. The maximum Gasteiger partial charge on any atom is 0.337 e. The highest BCUT2D eigenvalue weighted by Crippen LogP contribution is 2.08. The number of hydrogen-bond acceptors (Lipinski definition) is 5. The van der Waals surface area contributed by atoms with Crippen molar-refractivity contribution in [2.45, 2.75) is 19.4 Å².